The van der Waals surface area contributed by atoms with E-state index in [0.717, 1.165) is 23.3 Å². The first kappa shape index (κ1) is 16.2. The van der Waals surface area contributed by atoms with Crippen LogP contribution < -0.4 is 10.4 Å². The van der Waals surface area contributed by atoms with Gasteiger partial charge in [0.25, 0.3) is 11.6 Å². The van der Waals surface area contributed by atoms with Gasteiger partial charge in [-0.05, 0) is 37.1 Å². The maximum atomic E-state index is 12.4. The van der Waals surface area contributed by atoms with Gasteiger partial charge in [-0.25, -0.2) is 0 Å². The molecule has 0 atom stereocenters. The van der Waals surface area contributed by atoms with Crippen molar-refractivity contribution in [2.75, 3.05) is 5.32 Å². The van der Waals surface area contributed by atoms with E-state index in [0.29, 0.717) is 5.69 Å². The smallest absolute Gasteiger partial charge is 0.282 e. The van der Waals surface area contributed by atoms with Gasteiger partial charge in [-0.3, -0.25) is 14.9 Å². The zero-order valence-corrected chi connectivity index (χ0v) is 12.5. The van der Waals surface area contributed by atoms with E-state index >= 15 is 0 Å². The third-order valence-electron chi connectivity index (χ3n) is 3.45. The van der Waals surface area contributed by atoms with Gasteiger partial charge in [0.15, 0.2) is 0 Å². The van der Waals surface area contributed by atoms with Crippen LogP contribution in [0.2, 0.25) is 0 Å². The molecule has 0 aromatic heterocycles. The lowest BCUT2D eigenvalue weighted by molar-refractivity contribution is -0.385. The molecule has 0 bridgehead atoms. The lowest BCUT2D eigenvalue weighted by Crippen LogP contribution is -2.27. The summed E-state index contributed by atoms with van der Waals surface area (Å²) in [6.07, 6.45) is 0. The molecule has 0 fully saturated rings. The minimum atomic E-state index is -1.65. The molecule has 1 amide bonds. The summed E-state index contributed by atoms with van der Waals surface area (Å²) >= 11 is 0. The second kappa shape index (κ2) is 6.27. The number of carbonyl (C=O) groups is 2. The fourth-order valence-electron chi connectivity index (χ4n) is 2.11. The van der Waals surface area contributed by atoms with Crippen molar-refractivity contribution in [3.8, 4) is 0 Å². The fourth-order valence-corrected chi connectivity index (χ4v) is 2.11. The van der Waals surface area contributed by atoms with E-state index in [9.17, 15) is 24.8 Å². The molecule has 1 N–H and O–H groups in total. The quantitative estimate of drug-likeness (QED) is 0.683. The molecule has 2 rings (SSSR count). The Kier molecular flexibility index (Phi) is 4.40. The average Bonchev–Trinajstić information content (AvgIpc) is 2.50. The molecule has 0 heterocycles. The van der Waals surface area contributed by atoms with Crippen LogP contribution in [-0.2, 0) is 0 Å². The first-order chi connectivity index (χ1) is 10.8. The van der Waals surface area contributed by atoms with E-state index in [2.05, 4.69) is 5.32 Å². The van der Waals surface area contributed by atoms with Gasteiger partial charge in [-0.15, -0.1) is 0 Å². The number of nitro groups is 1. The van der Waals surface area contributed by atoms with Crippen LogP contribution >= 0.6 is 0 Å². The lowest BCUT2D eigenvalue weighted by Gasteiger charge is -2.12. The number of amides is 1. The lowest BCUT2D eigenvalue weighted by atomic mass is 10.0. The Morgan fingerprint density at radius 2 is 1.78 bits per heavy atom. The number of nitro benzene ring substituents is 1. The standard InChI is InChI=1S/C16H14N2O5/c1-9-6-7-11(8-10(9)2)17-15(19)14-12(16(20)21)4-3-5-13(14)18(22)23/h3-8H,1-2H3,(H,17,19)(H,20,21)/p-1. The predicted octanol–water partition coefficient (Wildman–Crippen LogP) is 1.83. The van der Waals surface area contributed by atoms with Crippen LogP contribution in [0.3, 0.4) is 0 Å². The highest BCUT2D eigenvalue weighted by molar-refractivity contribution is 6.13. The summed E-state index contributed by atoms with van der Waals surface area (Å²) in [6, 6.07) is 8.47. The molecule has 2 aromatic carbocycles. The zero-order valence-electron chi connectivity index (χ0n) is 12.5. The zero-order chi connectivity index (χ0) is 17.1. The maximum absolute atomic E-state index is 12.4. The molecule has 23 heavy (non-hydrogen) atoms. The van der Waals surface area contributed by atoms with Crippen LogP contribution in [0, 0.1) is 24.0 Å². The molecule has 0 aliphatic heterocycles. The third-order valence-corrected chi connectivity index (χ3v) is 3.45. The first-order valence-electron chi connectivity index (χ1n) is 6.68. The highest BCUT2D eigenvalue weighted by atomic mass is 16.6. The predicted molar refractivity (Wildman–Crippen MR) is 81.3 cm³/mol. The number of nitrogens with one attached hydrogen (secondary N) is 1. The first-order valence-corrected chi connectivity index (χ1v) is 6.68. The molecule has 7 heteroatoms. The Bertz CT molecular complexity index is 782. The number of rotatable bonds is 4. The van der Waals surface area contributed by atoms with Crippen LogP contribution in [-0.4, -0.2) is 16.8 Å². The van der Waals surface area contributed by atoms with Gasteiger partial charge >= 0.3 is 0 Å². The number of aryl methyl sites for hydroxylation is 2. The van der Waals surface area contributed by atoms with Crippen LogP contribution in [0.25, 0.3) is 0 Å². The van der Waals surface area contributed by atoms with Crippen molar-refractivity contribution >= 4 is 23.3 Å². The number of anilines is 1. The van der Waals surface area contributed by atoms with E-state index < -0.39 is 33.6 Å². The van der Waals surface area contributed by atoms with E-state index in [1.54, 1.807) is 18.2 Å². The van der Waals surface area contributed by atoms with Gasteiger partial charge in [0.2, 0.25) is 0 Å². The van der Waals surface area contributed by atoms with Gasteiger partial charge in [-0.2, -0.15) is 0 Å². The van der Waals surface area contributed by atoms with Crippen molar-refractivity contribution in [3.05, 3.63) is 68.8 Å². The molecule has 0 aliphatic rings. The van der Waals surface area contributed by atoms with E-state index in [4.69, 9.17) is 0 Å². The number of nitrogens with zero attached hydrogens (tertiary/aromatic N) is 1. The van der Waals surface area contributed by atoms with Crippen molar-refractivity contribution in [1.82, 2.24) is 0 Å². The largest absolute Gasteiger partial charge is 0.545 e. The summed E-state index contributed by atoms with van der Waals surface area (Å²) in [5.41, 5.74) is 0.708. The van der Waals surface area contributed by atoms with Crippen LogP contribution in [0.4, 0.5) is 11.4 Å². The molecule has 0 unspecified atom stereocenters. The van der Waals surface area contributed by atoms with Crippen LogP contribution in [0.5, 0.6) is 0 Å². The molecule has 0 aliphatic carbocycles. The van der Waals surface area contributed by atoms with Crippen molar-refractivity contribution in [1.29, 1.82) is 0 Å². The molecule has 118 valence electrons. The molecule has 0 spiro atoms. The van der Waals surface area contributed by atoms with E-state index in [1.807, 2.05) is 13.8 Å². The molecule has 0 saturated carbocycles. The van der Waals surface area contributed by atoms with Gasteiger partial charge in [-0.1, -0.05) is 18.2 Å². The summed E-state index contributed by atoms with van der Waals surface area (Å²) in [6.45, 7) is 3.75. The summed E-state index contributed by atoms with van der Waals surface area (Å²) < 4.78 is 0. The number of aromatic carboxylic acids is 1. The maximum Gasteiger partial charge on any atom is 0.282 e. The number of hydrogen-bond donors (Lipinski definition) is 1. The topological polar surface area (TPSA) is 112 Å². The van der Waals surface area contributed by atoms with Crippen molar-refractivity contribution in [3.63, 3.8) is 0 Å². The minimum Gasteiger partial charge on any atom is -0.545 e. The SMILES string of the molecule is Cc1ccc(NC(=O)c2c(C(=O)[O-])cccc2[N+](=O)[O-])cc1C. The summed E-state index contributed by atoms with van der Waals surface area (Å²) in [4.78, 5) is 33.8. The number of carboxylic acid groups (broad SMARTS) is 1. The fraction of sp³-hybridized carbons (Fsp3) is 0.125. The van der Waals surface area contributed by atoms with Crippen LogP contribution in [0.15, 0.2) is 36.4 Å². The number of carbonyl (C=O) groups excluding carboxylic acids is 2. The summed E-state index contributed by atoms with van der Waals surface area (Å²) in [5, 5.41) is 24.7. The number of carboxylic acids is 1. The van der Waals surface area contributed by atoms with Gasteiger partial charge in [0, 0.05) is 17.3 Å². The van der Waals surface area contributed by atoms with Gasteiger partial charge in [0.1, 0.15) is 5.56 Å². The Morgan fingerprint density at radius 3 is 2.35 bits per heavy atom. The highest BCUT2D eigenvalue weighted by Gasteiger charge is 2.24. The molecule has 0 radical (unpaired) electrons. The Hall–Kier alpha value is -3.22. The second-order valence-corrected chi connectivity index (χ2v) is 5.00. The van der Waals surface area contributed by atoms with E-state index in [-0.39, 0.29) is 0 Å². The summed E-state index contributed by atoms with van der Waals surface area (Å²) in [7, 11) is 0. The Labute approximate surface area is 131 Å². The molecule has 0 saturated heterocycles. The van der Waals surface area contributed by atoms with Crippen molar-refractivity contribution < 1.29 is 19.6 Å². The van der Waals surface area contributed by atoms with Gasteiger partial charge < -0.3 is 15.2 Å². The molecular formula is C16H13N2O5-. The molecular weight excluding hydrogens is 300 g/mol. The second-order valence-electron chi connectivity index (χ2n) is 5.00. The van der Waals surface area contributed by atoms with Gasteiger partial charge in [0.05, 0.1) is 10.9 Å². The third kappa shape index (κ3) is 3.34. The number of benzene rings is 2. The Balaban J connectivity index is 2.47. The Morgan fingerprint density at radius 1 is 1.09 bits per heavy atom. The average molecular weight is 313 g/mol. The van der Waals surface area contributed by atoms with E-state index in [1.165, 1.54) is 6.07 Å². The minimum absolute atomic E-state index is 0.417. The molecule has 7 nitrogen and oxygen atoms in total. The van der Waals surface area contributed by atoms with Crippen molar-refractivity contribution in [2.24, 2.45) is 0 Å². The number of hydrogen-bond acceptors (Lipinski definition) is 5. The monoisotopic (exact) mass is 313 g/mol. The van der Waals surface area contributed by atoms with Crippen LogP contribution in [0.1, 0.15) is 31.8 Å². The highest BCUT2D eigenvalue weighted by Crippen LogP contribution is 2.24. The summed E-state index contributed by atoms with van der Waals surface area (Å²) in [5.74, 6) is -2.53. The van der Waals surface area contributed by atoms with Crippen molar-refractivity contribution in [2.45, 2.75) is 13.8 Å². The molecule has 2 aromatic rings. The normalized spacial score (nSPS) is 10.2.